The topological polar surface area (TPSA) is 130 Å². The SMILES string of the molecule is O=C(NCCCC(=O)N1CCCC1)c1cccc(C2N(c3ccccn3)C(=O)CS2(=O)=O)n1. The number of sulfone groups is 1. The number of rotatable bonds is 7. The van der Waals surface area contributed by atoms with Gasteiger partial charge in [-0.1, -0.05) is 12.1 Å². The summed E-state index contributed by atoms with van der Waals surface area (Å²) in [5, 5.41) is 1.36. The summed E-state index contributed by atoms with van der Waals surface area (Å²) in [5.41, 5.74) is 0.109. The molecule has 3 amide bonds. The second kappa shape index (κ2) is 9.65. The quantitative estimate of drug-likeness (QED) is 0.598. The number of pyridine rings is 2. The second-order valence-corrected chi connectivity index (χ2v) is 10.1. The van der Waals surface area contributed by atoms with Crippen LogP contribution in [0.2, 0.25) is 0 Å². The van der Waals surface area contributed by atoms with Gasteiger partial charge < -0.3 is 10.2 Å². The number of anilines is 1. The van der Waals surface area contributed by atoms with Crippen LogP contribution in [-0.2, 0) is 19.4 Å². The fraction of sp³-hybridized carbons (Fsp3) is 0.409. The first-order chi connectivity index (χ1) is 15.9. The molecule has 4 heterocycles. The summed E-state index contributed by atoms with van der Waals surface area (Å²) < 4.78 is 25.5. The lowest BCUT2D eigenvalue weighted by Crippen LogP contribution is -2.32. The first-order valence-electron chi connectivity index (χ1n) is 10.8. The molecule has 0 bridgehead atoms. The van der Waals surface area contributed by atoms with Crippen molar-refractivity contribution in [3.63, 3.8) is 0 Å². The van der Waals surface area contributed by atoms with Gasteiger partial charge in [0.25, 0.3) is 5.91 Å². The van der Waals surface area contributed by atoms with Gasteiger partial charge in [0.2, 0.25) is 11.8 Å². The maximum absolute atomic E-state index is 12.8. The minimum atomic E-state index is -3.87. The molecule has 1 atom stereocenters. The maximum Gasteiger partial charge on any atom is 0.269 e. The van der Waals surface area contributed by atoms with E-state index in [2.05, 4.69) is 15.3 Å². The summed E-state index contributed by atoms with van der Waals surface area (Å²) >= 11 is 0. The molecule has 11 heteroatoms. The molecule has 0 aromatic carbocycles. The molecular formula is C22H25N5O5S. The summed E-state index contributed by atoms with van der Waals surface area (Å²) in [7, 11) is -3.87. The lowest BCUT2D eigenvalue weighted by atomic mass is 10.2. The predicted octanol–water partition coefficient (Wildman–Crippen LogP) is 1.07. The van der Waals surface area contributed by atoms with Gasteiger partial charge in [0.1, 0.15) is 17.3 Å². The highest BCUT2D eigenvalue weighted by molar-refractivity contribution is 7.93. The summed E-state index contributed by atoms with van der Waals surface area (Å²) in [6.07, 6.45) is 4.39. The lowest BCUT2D eigenvalue weighted by Gasteiger charge is -2.22. The summed E-state index contributed by atoms with van der Waals surface area (Å²) in [6.45, 7) is 1.89. The Morgan fingerprint density at radius 1 is 1.09 bits per heavy atom. The van der Waals surface area contributed by atoms with Gasteiger partial charge in [-0.3, -0.25) is 19.3 Å². The van der Waals surface area contributed by atoms with E-state index < -0.39 is 32.8 Å². The molecule has 33 heavy (non-hydrogen) atoms. The Morgan fingerprint density at radius 3 is 2.61 bits per heavy atom. The number of carbonyl (C=O) groups is 3. The molecule has 0 spiro atoms. The van der Waals surface area contributed by atoms with Crippen molar-refractivity contribution < 1.29 is 22.8 Å². The largest absolute Gasteiger partial charge is 0.351 e. The van der Waals surface area contributed by atoms with E-state index in [-0.39, 0.29) is 23.1 Å². The van der Waals surface area contributed by atoms with E-state index in [1.807, 2.05) is 4.90 Å². The molecule has 0 radical (unpaired) electrons. The van der Waals surface area contributed by atoms with Crippen LogP contribution in [0.3, 0.4) is 0 Å². The molecule has 2 aliphatic rings. The van der Waals surface area contributed by atoms with E-state index in [0.29, 0.717) is 19.4 Å². The first-order valence-corrected chi connectivity index (χ1v) is 12.6. The van der Waals surface area contributed by atoms with Crippen LogP contribution in [0.4, 0.5) is 5.82 Å². The molecule has 2 aliphatic heterocycles. The number of nitrogens with one attached hydrogen (secondary N) is 1. The Hall–Kier alpha value is -3.34. The van der Waals surface area contributed by atoms with Crippen molar-refractivity contribution in [2.24, 2.45) is 0 Å². The Kier molecular flexibility index (Phi) is 6.68. The second-order valence-electron chi connectivity index (χ2n) is 8.01. The van der Waals surface area contributed by atoms with Crippen molar-refractivity contribution in [3.8, 4) is 0 Å². The van der Waals surface area contributed by atoms with E-state index in [1.54, 1.807) is 18.2 Å². The molecule has 4 rings (SSSR count). The van der Waals surface area contributed by atoms with E-state index in [1.165, 1.54) is 24.4 Å². The number of nitrogens with zero attached hydrogens (tertiary/aromatic N) is 4. The number of hydrogen-bond acceptors (Lipinski definition) is 7. The van der Waals surface area contributed by atoms with Gasteiger partial charge in [-0.25, -0.2) is 18.4 Å². The molecule has 2 saturated heterocycles. The Bertz CT molecular complexity index is 1150. The number of carbonyl (C=O) groups excluding carboxylic acids is 3. The zero-order valence-corrected chi connectivity index (χ0v) is 18.8. The van der Waals surface area contributed by atoms with Crippen LogP contribution < -0.4 is 10.2 Å². The van der Waals surface area contributed by atoms with Crippen molar-refractivity contribution in [1.29, 1.82) is 0 Å². The standard InChI is InChI=1S/C22H25N5O5S/c28-19(26-13-3-4-14-26)10-6-12-24-21(30)16-7-5-8-17(25-16)22-27(18-9-1-2-11-23-18)20(29)15-33(22,31)32/h1-2,5,7-9,11,22H,3-4,6,10,12-15H2,(H,24,30). The molecule has 0 saturated carbocycles. The van der Waals surface area contributed by atoms with Crippen molar-refractivity contribution >= 4 is 33.4 Å². The van der Waals surface area contributed by atoms with Crippen LogP contribution in [0.5, 0.6) is 0 Å². The number of likely N-dealkylation sites (tertiary alicyclic amines) is 1. The number of aromatic nitrogens is 2. The summed E-state index contributed by atoms with van der Waals surface area (Å²) in [5.74, 6) is -1.44. The molecule has 2 aromatic rings. The molecular weight excluding hydrogens is 446 g/mol. The van der Waals surface area contributed by atoms with Gasteiger partial charge in [-0.05, 0) is 43.5 Å². The third kappa shape index (κ3) is 5.03. The van der Waals surface area contributed by atoms with Gasteiger partial charge in [0.15, 0.2) is 15.2 Å². The Labute approximate surface area is 191 Å². The van der Waals surface area contributed by atoms with E-state index in [9.17, 15) is 22.8 Å². The highest BCUT2D eigenvalue weighted by Crippen LogP contribution is 2.35. The number of hydrogen-bond donors (Lipinski definition) is 1. The molecule has 1 N–H and O–H groups in total. The normalized spacial score (nSPS) is 19.6. The molecule has 2 aromatic heterocycles. The zero-order chi connectivity index (χ0) is 23.4. The van der Waals surface area contributed by atoms with Gasteiger partial charge in [-0.2, -0.15) is 0 Å². The highest BCUT2D eigenvalue weighted by Gasteiger charge is 2.47. The van der Waals surface area contributed by atoms with E-state index in [4.69, 9.17) is 0 Å². The smallest absolute Gasteiger partial charge is 0.269 e. The van der Waals surface area contributed by atoms with Gasteiger partial charge >= 0.3 is 0 Å². The van der Waals surface area contributed by atoms with Crippen LogP contribution in [0.15, 0.2) is 42.6 Å². The van der Waals surface area contributed by atoms with Crippen LogP contribution in [0.1, 0.15) is 47.2 Å². The van der Waals surface area contributed by atoms with Crippen LogP contribution in [0, 0.1) is 0 Å². The Balaban J connectivity index is 1.44. The minimum Gasteiger partial charge on any atom is -0.351 e. The number of amides is 3. The zero-order valence-electron chi connectivity index (χ0n) is 18.0. The van der Waals surface area contributed by atoms with Crippen LogP contribution in [-0.4, -0.2) is 66.4 Å². The fourth-order valence-electron chi connectivity index (χ4n) is 4.04. The van der Waals surface area contributed by atoms with Gasteiger partial charge in [0.05, 0.1) is 5.69 Å². The third-order valence-electron chi connectivity index (χ3n) is 5.63. The van der Waals surface area contributed by atoms with Gasteiger partial charge in [0, 0.05) is 32.3 Å². The molecule has 0 aliphatic carbocycles. The average molecular weight is 472 g/mol. The monoisotopic (exact) mass is 471 g/mol. The molecule has 174 valence electrons. The first kappa shape index (κ1) is 22.8. The van der Waals surface area contributed by atoms with Crippen molar-refractivity contribution in [3.05, 3.63) is 54.0 Å². The summed E-state index contributed by atoms with van der Waals surface area (Å²) in [6, 6.07) is 9.35. The third-order valence-corrected chi connectivity index (χ3v) is 7.41. The Morgan fingerprint density at radius 2 is 1.88 bits per heavy atom. The van der Waals surface area contributed by atoms with Crippen molar-refractivity contribution in [1.82, 2.24) is 20.2 Å². The minimum absolute atomic E-state index is 0.0360. The lowest BCUT2D eigenvalue weighted by molar-refractivity contribution is -0.130. The van der Waals surface area contributed by atoms with Crippen molar-refractivity contribution in [2.45, 2.75) is 31.1 Å². The highest BCUT2D eigenvalue weighted by atomic mass is 32.2. The molecule has 1 unspecified atom stereocenters. The molecule has 10 nitrogen and oxygen atoms in total. The van der Waals surface area contributed by atoms with E-state index >= 15 is 0 Å². The predicted molar refractivity (Wildman–Crippen MR) is 120 cm³/mol. The van der Waals surface area contributed by atoms with Crippen LogP contribution >= 0.6 is 0 Å². The summed E-state index contributed by atoms with van der Waals surface area (Å²) in [4.78, 5) is 48.5. The van der Waals surface area contributed by atoms with Crippen molar-refractivity contribution in [2.75, 3.05) is 30.3 Å². The van der Waals surface area contributed by atoms with Gasteiger partial charge in [-0.15, -0.1) is 0 Å². The van der Waals surface area contributed by atoms with Crippen LogP contribution in [0.25, 0.3) is 0 Å². The average Bonchev–Trinajstić information content (AvgIpc) is 3.42. The van der Waals surface area contributed by atoms with E-state index in [0.717, 1.165) is 30.8 Å². The maximum atomic E-state index is 12.8. The fourth-order valence-corrected chi connectivity index (χ4v) is 5.73. The molecule has 2 fully saturated rings.